The van der Waals surface area contributed by atoms with Crippen molar-refractivity contribution in [2.75, 3.05) is 27.3 Å². The van der Waals surface area contributed by atoms with Crippen molar-refractivity contribution in [3.05, 3.63) is 59.4 Å². The van der Waals surface area contributed by atoms with Crippen molar-refractivity contribution < 1.29 is 38.1 Å². The van der Waals surface area contributed by atoms with Crippen LogP contribution >= 0.6 is 0 Å². The molecule has 2 aromatic carbocycles. The Hall–Kier alpha value is -6.06. The largest absolute Gasteiger partial charge is 0.488 e. The number of likely N-dealkylation sites (tertiary alicyclic amines) is 2. The van der Waals surface area contributed by atoms with Crippen molar-refractivity contribution >= 4 is 24.0 Å². The lowest BCUT2D eigenvalue weighted by Gasteiger charge is -2.45. The third-order valence-electron chi connectivity index (χ3n) is 16.0. The Kier molecular flexibility index (Phi) is 11.4. The highest BCUT2D eigenvalue weighted by atomic mass is 16.5. The number of H-pyrrole nitrogens is 2. The van der Waals surface area contributed by atoms with Crippen LogP contribution in [0, 0.1) is 23.7 Å². The van der Waals surface area contributed by atoms with E-state index in [2.05, 4.69) is 38.8 Å². The Morgan fingerprint density at radius 1 is 0.621 bits per heavy atom. The van der Waals surface area contributed by atoms with E-state index in [1.165, 1.54) is 46.3 Å². The van der Waals surface area contributed by atoms with Crippen LogP contribution in [0.5, 0.6) is 11.5 Å². The predicted octanol–water partition coefficient (Wildman–Crippen LogP) is 8.10. The molecule has 7 aliphatic rings. The molecular weight excluding hydrogens is 841 g/mol. The standard InChI is InChI=1S/C50H60N8O8/c1-63-49(61)55-43(28-11-6-12-28)47(59)57-15-7-13-37(57)45-51-23-35(53-45)30-19-33-25-66-40-22-31(20-34-26-65-39(21-30)41(33)42(34)40)36-24-52-46(54-36)38-14-8-16-58(38)48(60)44(56-50(62)64-2)32-17-29(18-32)27-9-4-3-5-10-27/h19-24,27-29,32,37-38,43-44H,3-18,25-26H2,1-2H3,(H,51,53)(H,52,54)(H,55,61)(H,56,62)/t29?,32?,37-,38-,43-,44-/m0/s1. The number of methoxy groups -OCH3 is 2. The first-order valence-electron chi connectivity index (χ1n) is 24.2. The quantitative estimate of drug-likeness (QED) is 0.114. The van der Waals surface area contributed by atoms with Crippen LogP contribution in [0.2, 0.25) is 0 Å². The van der Waals surface area contributed by atoms with E-state index in [4.69, 9.17) is 28.9 Å². The third-order valence-corrected chi connectivity index (χ3v) is 16.0. The average Bonchev–Trinajstić information content (AvgIpc) is 4.16. The highest BCUT2D eigenvalue weighted by molar-refractivity contribution is 5.89. The van der Waals surface area contributed by atoms with Gasteiger partial charge in [-0.1, -0.05) is 38.5 Å². The van der Waals surface area contributed by atoms with E-state index in [0.717, 1.165) is 132 Å². The topological polar surface area (TPSA) is 193 Å². The molecule has 16 heteroatoms. The van der Waals surface area contributed by atoms with E-state index in [1.807, 2.05) is 28.3 Å². The molecule has 348 valence electrons. The van der Waals surface area contributed by atoms with E-state index in [1.54, 1.807) is 0 Å². The molecule has 66 heavy (non-hydrogen) atoms. The van der Waals surface area contributed by atoms with E-state index >= 15 is 0 Å². The van der Waals surface area contributed by atoms with Crippen LogP contribution < -0.4 is 20.1 Å². The molecule has 6 heterocycles. The average molecular weight is 901 g/mol. The SMILES string of the molecule is COC(=O)N[C@H](C(=O)N1CCC[C@H]1c1ncc(-c2cc3c4c(c2)OCc2cc(-c5cnc([C@@H]6CCCN6C(=O)[C@@H](NC(=O)OC)C6CC(C7CCCCC7)C6)[nH]5)cc(c2-4)OC3)[nH]1)C1CCC1. The van der Waals surface area contributed by atoms with Crippen molar-refractivity contribution in [3.63, 3.8) is 0 Å². The normalized spacial score (nSPS) is 24.2. The molecule has 4 aliphatic heterocycles. The third kappa shape index (κ3) is 7.72. The van der Waals surface area contributed by atoms with Crippen molar-refractivity contribution in [3.8, 4) is 45.1 Å². The summed E-state index contributed by atoms with van der Waals surface area (Å²) in [5.41, 5.74) is 7.56. The minimum atomic E-state index is -0.618. The molecule has 3 aliphatic carbocycles. The number of amides is 4. The summed E-state index contributed by atoms with van der Waals surface area (Å²) in [4.78, 5) is 73.5. The summed E-state index contributed by atoms with van der Waals surface area (Å²) in [7, 11) is 2.67. The molecular formula is C50H60N8O8. The number of carbonyl (C=O) groups excluding carboxylic acids is 4. The predicted molar refractivity (Wildman–Crippen MR) is 242 cm³/mol. The number of aromatic amines is 2. The van der Waals surface area contributed by atoms with Gasteiger partial charge in [0.25, 0.3) is 0 Å². The van der Waals surface area contributed by atoms with Crippen LogP contribution in [0.4, 0.5) is 9.59 Å². The Balaban J connectivity index is 0.795. The first kappa shape index (κ1) is 42.6. The van der Waals surface area contributed by atoms with Gasteiger partial charge in [0.05, 0.1) is 50.1 Å². The number of nitrogens with zero attached hydrogens (tertiary/aromatic N) is 4. The zero-order chi connectivity index (χ0) is 45.1. The van der Waals surface area contributed by atoms with Crippen LogP contribution in [-0.4, -0.2) is 93.1 Å². The molecule has 2 saturated heterocycles. The van der Waals surface area contributed by atoms with Gasteiger partial charge >= 0.3 is 12.2 Å². The van der Waals surface area contributed by atoms with Gasteiger partial charge < -0.3 is 49.3 Å². The van der Waals surface area contributed by atoms with Gasteiger partial charge in [-0.15, -0.1) is 0 Å². The van der Waals surface area contributed by atoms with Gasteiger partial charge in [-0.05, 0) is 99.3 Å². The van der Waals surface area contributed by atoms with E-state index in [-0.39, 0.29) is 35.7 Å². The highest BCUT2D eigenvalue weighted by Gasteiger charge is 2.46. The van der Waals surface area contributed by atoms with Crippen LogP contribution in [0.1, 0.15) is 125 Å². The van der Waals surface area contributed by atoms with Crippen molar-refractivity contribution in [2.24, 2.45) is 23.7 Å². The molecule has 3 saturated carbocycles. The second kappa shape index (κ2) is 17.6. The van der Waals surface area contributed by atoms with Gasteiger partial charge in [-0.3, -0.25) is 9.59 Å². The summed E-state index contributed by atoms with van der Waals surface area (Å²) in [6, 6.07) is 6.67. The fourth-order valence-electron chi connectivity index (χ4n) is 12.2. The number of hydrogen-bond acceptors (Lipinski definition) is 10. The van der Waals surface area contributed by atoms with E-state index < -0.39 is 24.3 Å². The number of benzene rings is 2. The molecule has 5 fully saturated rings. The number of ether oxygens (including phenoxy) is 4. The Morgan fingerprint density at radius 2 is 1.12 bits per heavy atom. The zero-order valence-corrected chi connectivity index (χ0v) is 37.9. The summed E-state index contributed by atoms with van der Waals surface area (Å²) in [5, 5.41) is 5.74. The molecule has 0 bridgehead atoms. The second-order valence-electron chi connectivity index (χ2n) is 19.6. The maximum Gasteiger partial charge on any atom is 0.407 e. The van der Waals surface area contributed by atoms with Gasteiger partial charge in [-0.2, -0.15) is 0 Å². The highest BCUT2D eigenvalue weighted by Crippen LogP contribution is 2.51. The number of imidazole rings is 2. The van der Waals surface area contributed by atoms with E-state index in [0.29, 0.717) is 32.2 Å². The van der Waals surface area contributed by atoms with Gasteiger partial charge in [0.15, 0.2) is 0 Å². The zero-order valence-electron chi connectivity index (χ0n) is 37.9. The minimum Gasteiger partial charge on any atom is -0.488 e. The lowest BCUT2D eigenvalue weighted by atomic mass is 9.62. The van der Waals surface area contributed by atoms with Gasteiger partial charge in [-0.25, -0.2) is 19.6 Å². The van der Waals surface area contributed by atoms with Crippen LogP contribution in [0.3, 0.4) is 0 Å². The molecule has 0 spiro atoms. The Bertz CT molecular complexity index is 2470. The van der Waals surface area contributed by atoms with Crippen LogP contribution in [0.25, 0.3) is 33.6 Å². The molecule has 11 rings (SSSR count). The first-order valence-corrected chi connectivity index (χ1v) is 24.2. The fourth-order valence-corrected chi connectivity index (χ4v) is 12.2. The van der Waals surface area contributed by atoms with Crippen molar-refractivity contribution in [1.29, 1.82) is 0 Å². The van der Waals surface area contributed by atoms with Gasteiger partial charge in [0, 0.05) is 46.5 Å². The van der Waals surface area contributed by atoms with E-state index in [9.17, 15) is 19.2 Å². The lowest BCUT2D eigenvalue weighted by Crippen LogP contribution is -2.55. The van der Waals surface area contributed by atoms with Crippen LogP contribution in [-0.2, 0) is 32.3 Å². The summed E-state index contributed by atoms with van der Waals surface area (Å²) in [6.45, 7) is 1.92. The smallest absolute Gasteiger partial charge is 0.407 e. The van der Waals surface area contributed by atoms with Crippen LogP contribution in [0.15, 0.2) is 36.7 Å². The van der Waals surface area contributed by atoms with Crippen molar-refractivity contribution in [2.45, 2.75) is 127 Å². The minimum absolute atomic E-state index is 0.0572. The summed E-state index contributed by atoms with van der Waals surface area (Å²) >= 11 is 0. The maximum atomic E-state index is 14.4. The maximum absolute atomic E-state index is 14.4. The number of alkyl carbamates (subject to hydrolysis) is 2. The number of rotatable bonds is 11. The summed E-state index contributed by atoms with van der Waals surface area (Å²) < 4.78 is 22.9. The monoisotopic (exact) mass is 900 g/mol. The molecule has 16 nitrogen and oxygen atoms in total. The molecule has 2 aromatic heterocycles. The molecule has 0 radical (unpaired) electrons. The number of hydrogen-bond donors (Lipinski definition) is 4. The molecule has 4 atom stereocenters. The summed E-state index contributed by atoms with van der Waals surface area (Å²) in [5.74, 6) is 4.43. The number of carbonyl (C=O) groups is 4. The number of aromatic nitrogens is 4. The molecule has 4 aromatic rings. The lowest BCUT2D eigenvalue weighted by molar-refractivity contribution is -0.138. The van der Waals surface area contributed by atoms with Gasteiger partial charge in [0.2, 0.25) is 11.8 Å². The molecule has 4 N–H and O–H groups in total. The Labute approximate surface area is 384 Å². The van der Waals surface area contributed by atoms with Crippen molar-refractivity contribution in [1.82, 2.24) is 40.4 Å². The number of nitrogens with one attached hydrogen (secondary N) is 4. The summed E-state index contributed by atoms with van der Waals surface area (Å²) in [6.07, 6.45) is 17.0. The fraction of sp³-hybridized carbons (Fsp3) is 0.560. The first-order chi connectivity index (χ1) is 32.2. The van der Waals surface area contributed by atoms with Gasteiger partial charge in [0.1, 0.15) is 48.4 Å². The Morgan fingerprint density at radius 3 is 1.59 bits per heavy atom. The molecule has 4 amide bonds. The second-order valence-corrected chi connectivity index (χ2v) is 19.6. The molecule has 0 unspecified atom stereocenters.